The predicted octanol–water partition coefficient (Wildman–Crippen LogP) is 3.36. The van der Waals surface area contributed by atoms with Crippen LogP contribution < -0.4 is 5.32 Å². The van der Waals surface area contributed by atoms with E-state index in [-0.39, 0.29) is 15.6 Å². The van der Waals surface area contributed by atoms with E-state index in [0.29, 0.717) is 0 Å². The van der Waals surface area contributed by atoms with Gasteiger partial charge in [-0.05, 0) is 23.8 Å². The largest absolute Gasteiger partial charge is 0.468 e. The van der Waals surface area contributed by atoms with Crippen molar-refractivity contribution in [1.29, 1.82) is 0 Å². The van der Waals surface area contributed by atoms with Gasteiger partial charge in [-0.3, -0.25) is 5.32 Å². The molecule has 0 fully saturated rings. The summed E-state index contributed by atoms with van der Waals surface area (Å²) in [6.07, 6.45) is -4.45. The van der Waals surface area contributed by atoms with Crippen LogP contribution in [0.1, 0.15) is 11.6 Å². The molecular formula is C11H10Cl2F3NO2. The normalized spacial score (nSPS) is 13.2. The molecule has 0 saturated carbocycles. The van der Waals surface area contributed by atoms with Crippen molar-refractivity contribution >= 4 is 29.2 Å². The first-order valence-corrected chi connectivity index (χ1v) is 5.82. The van der Waals surface area contributed by atoms with E-state index in [9.17, 15) is 18.0 Å². The summed E-state index contributed by atoms with van der Waals surface area (Å²) in [6, 6.07) is 2.81. The van der Waals surface area contributed by atoms with Gasteiger partial charge in [-0.1, -0.05) is 23.2 Å². The van der Waals surface area contributed by atoms with Crippen molar-refractivity contribution in [3.63, 3.8) is 0 Å². The van der Waals surface area contributed by atoms with Crippen LogP contribution in [-0.2, 0) is 9.53 Å². The Morgan fingerprint density at radius 1 is 1.32 bits per heavy atom. The molecule has 0 bridgehead atoms. The first kappa shape index (κ1) is 16.1. The maximum atomic E-state index is 12.2. The van der Waals surface area contributed by atoms with Gasteiger partial charge in [-0.25, -0.2) is 4.79 Å². The quantitative estimate of drug-likeness (QED) is 0.866. The predicted molar refractivity (Wildman–Crippen MR) is 65.3 cm³/mol. The van der Waals surface area contributed by atoms with E-state index < -0.39 is 24.7 Å². The van der Waals surface area contributed by atoms with Crippen LogP contribution in [0.15, 0.2) is 18.2 Å². The lowest BCUT2D eigenvalue weighted by Crippen LogP contribution is -2.36. The van der Waals surface area contributed by atoms with Gasteiger partial charge in [0, 0.05) is 10.0 Å². The molecule has 19 heavy (non-hydrogen) atoms. The van der Waals surface area contributed by atoms with E-state index in [1.54, 1.807) is 0 Å². The maximum absolute atomic E-state index is 12.2. The molecule has 0 aromatic heterocycles. The smallest absolute Gasteiger partial charge is 0.401 e. The van der Waals surface area contributed by atoms with Gasteiger partial charge >= 0.3 is 12.1 Å². The summed E-state index contributed by atoms with van der Waals surface area (Å²) in [4.78, 5) is 11.5. The third-order valence-electron chi connectivity index (χ3n) is 2.16. The summed E-state index contributed by atoms with van der Waals surface area (Å²) in [6.45, 7) is -1.34. The van der Waals surface area contributed by atoms with Crippen LogP contribution in [0.3, 0.4) is 0 Å². The molecule has 1 atom stereocenters. The lowest BCUT2D eigenvalue weighted by Gasteiger charge is -2.18. The topological polar surface area (TPSA) is 38.3 Å². The van der Waals surface area contributed by atoms with E-state index in [2.05, 4.69) is 10.1 Å². The third-order valence-corrected chi connectivity index (χ3v) is 2.60. The standard InChI is InChI=1S/C11H10Cl2F3NO2/c1-19-10(18)9(17-5-11(14,15)16)6-2-7(12)4-8(13)3-6/h2-4,9,17H,5H2,1H3. The molecule has 1 rings (SSSR count). The number of alkyl halides is 3. The van der Waals surface area contributed by atoms with Crippen LogP contribution in [0.2, 0.25) is 10.0 Å². The maximum Gasteiger partial charge on any atom is 0.401 e. The van der Waals surface area contributed by atoms with Gasteiger partial charge in [-0.2, -0.15) is 13.2 Å². The van der Waals surface area contributed by atoms with Gasteiger partial charge in [0.2, 0.25) is 0 Å². The molecule has 3 nitrogen and oxygen atoms in total. The fourth-order valence-electron chi connectivity index (χ4n) is 1.41. The van der Waals surface area contributed by atoms with Crippen molar-refractivity contribution in [2.24, 2.45) is 0 Å². The van der Waals surface area contributed by atoms with Crippen molar-refractivity contribution in [3.05, 3.63) is 33.8 Å². The number of hydrogen-bond donors (Lipinski definition) is 1. The Kier molecular flexibility index (Phi) is 5.46. The van der Waals surface area contributed by atoms with Crippen LogP contribution in [0, 0.1) is 0 Å². The number of carbonyl (C=O) groups excluding carboxylic acids is 1. The zero-order valence-corrected chi connectivity index (χ0v) is 11.2. The molecule has 0 heterocycles. The molecule has 0 radical (unpaired) electrons. The molecule has 1 N–H and O–H groups in total. The number of nitrogens with one attached hydrogen (secondary N) is 1. The summed E-state index contributed by atoms with van der Waals surface area (Å²) < 4.78 is 41.0. The molecule has 0 aliphatic carbocycles. The number of benzene rings is 1. The number of rotatable bonds is 4. The van der Waals surface area contributed by atoms with E-state index in [1.807, 2.05) is 0 Å². The van der Waals surface area contributed by atoms with Gasteiger partial charge in [0.1, 0.15) is 6.04 Å². The zero-order valence-electron chi connectivity index (χ0n) is 9.72. The van der Waals surface area contributed by atoms with E-state index in [1.165, 1.54) is 18.2 Å². The van der Waals surface area contributed by atoms with Crippen LogP contribution in [0.25, 0.3) is 0 Å². The zero-order chi connectivity index (χ0) is 14.6. The fraction of sp³-hybridized carbons (Fsp3) is 0.364. The Bertz CT molecular complexity index is 445. The lowest BCUT2D eigenvalue weighted by molar-refractivity contribution is -0.146. The first-order chi connectivity index (χ1) is 8.73. The van der Waals surface area contributed by atoms with Gasteiger partial charge in [-0.15, -0.1) is 0 Å². The SMILES string of the molecule is COC(=O)C(NCC(F)(F)F)c1cc(Cl)cc(Cl)c1. The van der Waals surface area contributed by atoms with Gasteiger partial charge in [0.25, 0.3) is 0 Å². The van der Waals surface area contributed by atoms with Crippen LogP contribution in [0.4, 0.5) is 13.2 Å². The Morgan fingerprint density at radius 3 is 2.26 bits per heavy atom. The minimum atomic E-state index is -4.45. The average Bonchev–Trinajstić information content (AvgIpc) is 2.26. The Balaban J connectivity index is 2.99. The second-order valence-corrected chi connectivity index (χ2v) is 4.53. The van der Waals surface area contributed by atoms with Crippen molar-refractivity contribution in [1.82, 2.24) is 5.32 Å². The van der Waals surface area contributed by atoms with Gasteiger partial charge in [0.05, 0.1) is 13.7 Å². The van der Waals surface area contributed by atoms with Crippen LogP contribution >= 0.6 is 23.2 Å². The number of methoxy groups -OCH3 is 1. The van der Waals surface area contributed by atoms with Gasteiger partial charge < -0.3 is 4.74 Å². The summed E-state index contributed by atoms with van der Waals surface area (Å²) in [7, 11) is 1.08. The second kappa shape index (κ2) is 6.45. The summed E-state index contributed by atoms with van der Waals surface area (Å²) >= 11 is 11.5. The monoisotopic (exact) mass is 315 g/mol. The minimum absolute atomic E-state index is 0.202. The minimum Gasteiger partial charge on any atom is -0.468 e. The number of halogens is 5. The molecule has 0 saturated heterocycles. The number of hydrogen-bond acceptors (Lipinski definition) is 3. The Labute approximate surface area is 117 Å². The molecule has 106 valence electrons. The molecule has 1 aromatic carbocycles. The van der Waals surface area contributed by atoms with Crippen LogP contribution in [-0.4, -0.2) is 25.8 Å². The molecule has 0 aliphatic rings. The average molecular weight is 316 g/mol. The number of ether oxygens (including phenoxy) is 1. The fourth-order valence-corrected chi connectivity index (χ4v) is 1.96. The molecule has 0 amide bonds. The summed E-state index contributed by atoms with van der Waals surface area (Å²) in [5, 5.41) is 2.49. The van der Waals surface area contributed by atoms with Crippen LogP contribution in [0.5, 0.6) is 0 Å². The second-order valence-electron chi connectivity index (χ2n) is 3.66. The van der Waals surface area contributed by atoms with E-state index in [4.69, 9.17) is 23.2 Å². The summed E-state index contributed by atoms with van der Waals surface area (Å²) in [5.74, 6) is -0.859. The van der Waals surface area contributed by atoms with Crippen molar-refractivity contribution in [2.75, 3.05) is 13.7 Å². The molecule has 0 aliphatic heterocycles. The van der Waals surface area contributed by atoms with Gasteiger partial charge in [0.15, 0.2) is 0 Å². The lowest BCUT2D eigenvalue weighted by atomic mass is 10.1. The van der Waals surface area contributed by atoms with E-state index >= 15 is 0 Å². The Morgan fingerprint density at radius 2 is 1.84 bits per heavy atom. The third kappa shape index (κ3) is 5.26. The highest BCUT2D eigenvalue weighted by atomic mass is 35.5. The molecule has 1 unspecified atom stereocenters. The molecule has 1 aromatic rings. The van der Waals surface area contributed by atoms with Crippen molar-refractivity contribution in [3.8, 4) is 0 Å². The molecular weight excluding hydrogens is 306 g/mol. The van der Waals surface area contributed by atoms with Crippen molar-refractivity contribution in [2.45, 2.75) is 12.2 Å². The number of esters is 1. The highest BCUT2D eigenvalue weighted by molar-refractivity contribution is 6.34. The van der Waals surface area contributed by atoms with Crippen molar-refractivity contribution < 1.29 is 22.7 Å². The highest BCUT2D eigenvalue weighted by Crippen LogP contribution is 2.25. The Hall–Kier alpha value is -0.980. The number of carbonyl (C=O) groups is 1. The summed E-state index contributed by atoms with van der Waals surface area (Å²) in [5.41, 5.74) is 0.202. The van der Waals surface area contributed by atoms with E-state index in [0.717, 1.165) is 7.11 Å². The first-order valence-electron chi connectivity index (χ1n) is 5.07. The molecule has 8 heteroatoms. The highest BCUT2D eigenvalue weighted by Gasteiger charge is 2.31. The molecule has 0 spiro atoms.